The summed E-state index contributed by atoms with van der Waals surface area (Å²) in [7, 11) is 0. The van der Waals surface area contributed by atoms with Crippen LogP contribution in [0.25, 0.3) is 114 Å². The minimum absolute atomic E-state index is 0.0554. The highest BCUT2D eigenvalue weighted by Gasteiger charge is 2.46. The van der Waals surface area contributed by atoms with Gasteiger partial charge in [-0.1, -0.05) is 133 Å². The maximum Gasteiger partial charge on any atom is 0.193 e. The zero-order chi connectivity index (χ0) is 53.1. The highest BCUT2D eigenvalue weighted by atomic mass is 15.1. The number of fused-ring (bicyclic) bond motifs is 16. The van der Waals surface area contributed by atoms with Crippen molar-refractivity contribution in [1.29, 1.82) is 5.26 Å². The summed E-state index contributed by atoms with van der Waals surface area (Å²) >= 11 is 0. The lowest BCUT2D eigenvalue weighted by atomic mass is 9.59. The van der Waals surface area contributed by atoms with Gasteiger partial charge in [-0.05, 0) is 127 Å². The van der Waals surface area contributed by atoms with Gasteiger partial charge >= 0.3 is 0 Å². The van der Waals surface area contributed by atoms with Gasteiger partial charge in [0.2, 0.25) is 0 Å². The molecule has 6 aliphatic rings. The summed E-state index contributed by atoms with van der Waals surface area (Å²) in [5.74, 6) is -0.250. The fourth-order valence-corrected chi connectivity index (χ4v) is 17.1. The molecule has 0 saturated heterocycles. The third-order valence-corrected chi connectivity index (χ3v) is 19.9. The van der Waals surface area contributed by atoms with Crippen LogP contribution in [0.1, 0.15) is 96.0 Å². The van der Waals surface area contributed by atoms with Crippen LogP contribution < -0.4 is 0 Å². The molecule has 6 heterocycles. The monoisotopic (exact) mass is 1040 g/mol. The van der Waals surface area contributed by atoms with Crippen LogP contribution in [0.5, 0.6) is 0 Å². The molecule has 0 atom stereocenters. The zero-order valence-corrected chi connectivity index (χ0v) is 43.5. The molecule has 0 N–H and O–H groups in total. The van der Waals surface area contributed by atoms with Gasteiger partial charge in [0.15, 0.2) is 5.69 Å². The predicted molar refractivity (Wildman–Crippen MR) is 326 cm³/mol. The molecule has 0 radical (unpaired) electrons. The van der Waals surface area contributed by atoms with Crippen molar-refractivity contribution >= 4 is 104 Å². The Morgan fingerprint density at radius 2 is 0.756 bits per heavy atom. The van der Waals surface area contributed by atoms with Gasteiger partial charge in [-0.25, -0.2) is 14.8 Å². The van der Waals surface area contributed by atoms with Crippen molar-refractivity contribution in [2.24, 2.45) is 0 Å². The lowest BCUT2D eigenvalue weighted by Crippen LogP contribution is -2.28. The minimum Gasteiger partial charge on any atom is -0.309 e. The summed E-state index contributed by atoms with van der Waals surface area (Å²) in [5, 5.41) is 20.6. The predicted octanol–water partition coefficient (Wildman–Crippen LogP) is 17.1. The van der Waals surface area contributed by atoms with E-state index in [1.54, 1.807) is 0 Å². The molecule has 0 saturated carbocycles. The van der Waals surface area contributed by atoms with E-state index in [1.165, 1.54) is 66.4 Å². The summed E-state index contributed by atoms with van der Waals surface area (Å²) in [6, 6.07) is 73.6. The van der Waals surface area contributed by atoms with Crippen LogP contribution >= 0.6 is 0 Å². The third-order valence-electron chi connectivity index (χ3n) is 19.9. The first kappa shape index (κ1) is 42.0. The van der Waals surface area contributed by atoms with Crippen molar-refractivity contribution in [3.8, 4) is 17.4 Å². The van der Waals surface area contributed by atoms with Crippen LogP contribution in [0.4, 0.5) is 5.69 Å². The average Bonchev–Trinajstić information content (AvgIpc) is 1.51. The number of nitrogens with zero attached hydrogens (tertiary/aromatic N) is 8. The smallest absolute Gasteiger partial charge is 0.193 e. The van der Waals surface area contributed by atoms with E-state index in [0.717, 1.165) is 110 Å². The fraction of sp³-hybridized carbons (Fsp3) is 0.0541. The van der Waals surface area contributed by atoms with Gasteiger partial charge in [0.1, 0.15) is 12.7 Å². The van der Waals surface area contributed by atoms with Crippen LogP contribution in [0, 0.1) is 17.9 Å². The average molecular weight is 1040 g/mol. The number of hydrogen-bond donors (Lipinski definition) is 0. The summed E-state index contributed by atoms with van der Waals surface area (Å²) < 4.78 is 9.52. The van der Waals surface area contributed by atoms with Gasteiger partial charge in [0, 0.05) is 83.7 Å². The second-order valence-corrected chi connectivity index (χ2v) is 23.2. The van der Waals surface area contributed by atoms with E-state index < -0.39 is 0 Å². The first-order valence-electron chi connectivity index (χ1n) is 28.2. The number of aromatic nitrogens is 6. The van der Waals surface area contributed by atoms with Gasteiger partial charge < -0.3 is 8.80 Å². The number of imidazole rings is 2. The van der Waals surface area contributed by atoms with Crippen LogP contribution in [0.3, 0.4) is 0 Å². The van der Waals surface area contributed by atoms with E-state index in [2.05, 4.69) is 223 Å². The molecule has 0 fully saturated rings. The molecule has 0 amide bonds. The fourth-order valence-electron chi connectivity index (χ4n) is 17.1. The highest BCUT2D eigenvalue weighted by Crippen LogP contribution is 2.63. The summed E-state index contributed by atoms with van der Waals surface area (Å²) in [4.78, 5) is 15.1. The molecule has 4 bridgehead atoms. The topological polar surface area (TPSA) is 72.6 Å². The first-order chi connectivity index (χ1) is 40.7. The molecule has 82 heavy (non-hydrogen) atoms. The maximum absolute atomic E-state index is 11.5. The summed E-state index contributed by atoms with van der Waals surface area (Å²) in [6.45, 7) is 9.04. The van der Waals surface area contributed by atoms with Crippen LogP contribution in [-0.4, -0.2) is 27.9 Å². The van der Waals surface area contributed by atoms with Crippen LogP contribution in [0.2, 0.25) is 0 Å². The van der Waals surface area contributed by atoms with Gasteiger partial charge in [-0.2, -0.15) is 5.26 Å². The van der Waals surface area contributed by atoms with E-state index in [0.29, 0.717) is 11.3 Å². The minimum atomic E-state index is -0.0700. The standard InChI is InChI=1S/C74H38N8/c1-76-52-33-58-65(70-63-46-26-14-10-22-42(46)61(68(52)70)43-23-11-15-27-47(43)63)51-30-54-74(80(36-78-54)39-18-6-3-7-19-39)67-49-31-55-48(32-56(49)82(58)72(51)67)66-71-50(29-53-73(66)79(35-77-53)38-16-4-2-5-17-38)64-57(81(55)71)28-37(34-75)59-60-40-20-8-12-24-44(40)62(69(59)64)45-25-13-9-21-41(45)60/h2-33,35-36,60-63H. The summed E-state index contributed by atoms with van der Waals surface area (Å²) in [6.07, 6.45) is 3.98. The second kappa shape index (κ2) is 14.2. The lowest BCUT2D eigenvalue weighted by molar-refractivity contribution is 0.759. The van der Waals surface area contributed by atoms with Crippen LogP contribution in [-0.2, 0) is 0 Å². The van der Waals surface area contributed by atoms with Crippen LogP contribution in [0.15, 0.2) is 207 Å². The number of benzene rings is 11. The second-order valence-electron chi connectivity index (χ2n) is 23.2. The largest absolute Gasteiger partial charge is 0.309 e. The molecule has 8 nitrogen and oxygen atoms in total. The molecule has 17 aromatic rings. The number of rotatable bonds is 2. The third kappa shape index (κ3) is 4.60. The number of nitriles is 1. The van der Waals surface area contributed by atoms with Crippen molar-refractivity contribution in [2.75, 3.05) is 0 Å². The molecule has 11 aromatic carbocycles. The van der Waals surface area contributed by atoms with Crippen molar-refractivity contribution in [2.45, 2.75) is 23.7 Å². The van der Waals surface area contributed by atoms with Crippen molar-refractivity contribution < 1.29 is 0 Å². The normalized spacial score (nSPS) is 17.2. The lowest BCUT2D eigenvalue weighted by Gasteiger charge is -2.43. The SMILES string of the molecule is [C-]#[N+]c1cc2c(c3c1C1c4ccccc4C3c3ccccc31)c1cc3ncn(-c4ccccc4)c3c3c4cc5c(cc4n2c13)c1c2c(cc3c4c6c(c(C#N)cc4n5c31)C1c3ccccc3C6c3ccccc31)ncn2-c1ccccc1. The van der Waals surface area contributed by atoms with E-state index in [4.69, 9.17) is 16.5 Å². The van der Waals surface area contributed by atoms with Gasteiger partial charge in [0.05, 0.1) is 67.9 Å². The van der Waals surface area contributed by atoms with Gasteiger partial charge in [-0.15, -0.1) is 0 Å². The first-order valence-corrected chi connectivity index (χ1v) is 28.2. The van der Waals surface area contributed by atoms with E-state index >= 15 is 0 Å². The molecule has 6 aliphatic carbocycles. The van der Waals surface area contributed by atoms with Gasteiger partial charge in [-0.3, -0.25) is 9.13 Å². The van der Waals surface area contributed by atoms with E-state index in [-0.39, 0.29) is 23.7 Å². The molecule has 0 aliphatic heterocycles. The van der Waals surface area contributed by atoms with Crippen molar-refractivity contribution in [1.82, 2.24) is 27.9 Å². The molecule has 23 rings (SSSR count). The quantitative estimate of drug-likeness (QED) is 0.162. The zero-order valence-electron chi connectivity index (χ0n) is 43.5. The number of hydrogen-bond acceptors (Lipinski definition) is 3. The highest BCUT2D eigenvalue weighted by molar-refractivity contribution is 6.36. The molecule has 0 spiro atoms. The molecule has 374 valence electrons. The molecular formula is C74H38N8. The Kier molecular flexibility index (Phi) is 7.27. The Labute approximate surface area is 466 Å². The van der Waals surface area contributed by atoms with Gasteiger partial charge in [0.25, 0.3) is 0 Å². The van der Waals surface area contributed by atoms with Crippen molar-refractivity contribution in [3.05, 3.63) is 291 Å². The van der Waals surface area contributed by atoms with E-state index in [9.17, 15) is 5.26 Å². The summed E-state index contributed by atoms with van der Waals surface area (Å²) in [5.41, 5.74) is 28.9. The molecule has 6 aromatic heterocycles. The van der Waals surface area contributed by atoms with Crippen molar-refractivity contribution in [3.63, 3.8) is 0 Å². The molecular weight excluding hydrogens is 1000 g/mol. The maximum atomic E-state index is 11.5. The molecule has 8 heteroatoms. The Morgan fingerprint density at radius 3 is 1.17 bits per heavy atom. The Balaban J connectivity index is 0.977. The Hall–Kier alpha value is -11.1. The Morgan fingerprint density at radius 1 is 0.378 bits per heavy atom. The molecule has 0 unspecified atom stereocenters. The Bertz CT molecular complexity index is 5480. The van der Waals surface area contributed by atoms with E-state index in [1.807, 2.05) is 12.7 Å². The number of para-hydroxylation sites is 2.